The molecule has 0 aromatic rings. The largest absolute Gasteiger partial charge is 2.00 e. The molecule has 13 nitrogen and oxygen atoms in total. The van der Waals surface area contributed by atoms with Crippen LogP contribution in [0.4, 0.5) is 0 Å². The topological polar surface area (TPSA) is 273 Å². The van der Waals surface area contributed by atoms with Gasteiger partial charge in [-0.1, -0.05) is 0 Å². The molecule has 4 atom stereocenters. The molecule has 23 heavy (non-hydrogen) atoms. The molecular weight excluding hydrogens is 431 g/mol. The Balaban J connectivity index is -0.0000000831. The summed E-state index contributed by atoms with van der Waals surface area (Å²) >= 11 is 0. The van der Waals surface area contributed by atoms with E-state index in [2.05, 4.69) is 0 Å². The van der Waals surface area contributed by atoms with Crippen LogP contribution in [0.25, 0.3) is 0 Å². The molecule has 0 aliphatic rings. The van der Waals surface area contributed by atoms with Crippen molar-refractivity contribution < 1.29 is 99.6 Å². The van der Waals surface area contributed by atoms with Crippen LogP contribution in [0.3, 0.4) is 0 Å². The van der Waals surface area contributed by atoms with Crippen LogP contribution in [0.1, 0.15) is 0 Å². The summed E-state index contributed by atoms with van der Waals surface area (Å²) in [6, 6.07) is 0. The summed E-state index contributed by atoms with van der Waals surface area (Å²) in [7, 11) is 0. The minimum absolute atomic E-state index is 0. The van der Waals surface area contributed by atoms with Crippen LogP contribution in [0, 0.1) is 0 Å². The van der Waals surface area contributed by atoms with Crippen molar-refractivity contribution in [2.45, 2.75) is 24.4 Å². The summed E-state index contributed by atoms with van der Waals surface area (Å²) in [5, 5.41) is 71.5. The van der Waals surface area contributed by atoms with E-state index in [0.717, 1.165) is 0 Å². The molecule has 0 spiro atoms. The Bertz CT molecular complexity index is 314. The van der Waals surface area contributed by atoms with Crippen LogP contribution < -0.4 is 20.4 Å². The van der Waals surface area contributed by atoms with Crippen molar-refractivity contribution in [3.63, 3.8) is 0 Å². The van der Waals surface area contributed by atoms with E-state index < -0.39 is 48.3 Å². The van der Waals surface area contributed by atoms with Gasteiger partial charge in [0.15, 0.2) is 0 Å². The fourth-order valence-electron chi connectivity index (χ4n) is 0.516. The minimum Gasteiger partial charge on any atom is -0.547 e. The number of carboxylic acid groups (broad SMARTS) is 4. The first kappa shape index (κ1) is 33.4. The van der Waals surface area contributed by atoms with E-state index >= 15 is 0 Å². The molecule has 2 radical (unpaired) electrons. The number of rotatable bonds is 6. The number of carbonyl (C=O) groups excluding carboxylic acids is 4. The second-order valence-electron chi connectivity index (χ2n) is 3.06. The summed E-state index contributed by atoms with van der Waals surface area (Å²) < 4.78 is 0. The number of hydrogen-bond donors (Lipinski definition) is 4. The minimum atomic E-state index is -2.44. The van der Waals surface area contributed by atoms with Gasteiger partial charge in [0.1, 0.15) is 24.4 Å². The zero-order valence-corrected chi connectivity index (χ0v) is 12.4. The van der Waals surface area contributed by atoms with Gasteiger partial charge in [0, 0.05) is 0 Å². The van der Waals surface area contributed by atoms with Gasteiger partial charge in [-0.05, 0) is 0 Å². The third kappa shape index (κ3) is 14.1. The maximum Gasteiger partial charge on any atom is 2.00 e. The average Bonchev–Trinajstić information content (AvgIpc) is 2.35. The second-order valence-corrected chi connectivity index (χ2v) is 3.06. The van der Waals surface area contributed by atoms with Gasteiger partial charge in [-0.15, -0.1) is 0 Å². The monoisotopic (exact) mass is 440 g/mol. The number of carboxylic acids is 4. The normalized spacial score (nSPS) is 13.7. The Kier molecular flexibility index (Phi) is 22.6. The van der Waals surface area contributed by atoms with Gasteiger partial charge < -0.3 is 65.5 Å². The molecule has 4 unspecified atom stereocenters. The van der Waals surface area contributed by atoms with Crippen molar-refractivity contribution in [2.75, 3.05) is 0 Å². The number of aliphatic carboxylic acids is 4. The molecule has 15 heteroatoms. The first-order chi connectivity index (χ1) is 8.93. The van der Waals surface area contributed by atoms with Gasteiger partial charge in [-0.2, -0.15) is 0 Å². The predicted molar refractivity (Wildman–Crippen MR) is 47.7 cm³/mol. The number of hydrogen-bond acceptors (Lipinski definition) is 12. The first-order valence-corrected chi connectivity index (χ1v) is 4.49. The number of aliphatic hydroxyl groups is 4. The molecule has 0 saturated heterocycles. The van der Waals surface area contributed by atoms with Crippen LogP contribution in [-0.4, -0.2) is 74.2 Å². The van der Waals surface area contributed by atoms with Crippen molar-refractivity contribution in [2.24, 2.45) is 0 Å². The van der Waals surface area contributed by atoms with Crippen molar-refractivity contribution in [1.29, 1.82) is 0 Å². The average molecular weight is 441 g/mol. The van der Waals surface area contributed by atoms with Crippen LogP contribution in [0.5, 0.6) is 0 Å². The van der Waals surface area contributed by atoms with Crippen LogP contribution in [0.15, 0.2) is 0 Å². The van der Waals surface area contributed by atoms with Crippen LogP contribution in [-0.2, 0) is 53.3 Å². The molecule has 0 aliphatic heterocycles. The molecule has 0 fully saturated rings. The molecule has 0 amide bonds. The Morgan fingerprint density at radius 1 is 0.522 bits per heavy atom. The van der Waals surface area contributed by atoms with E-state index in [4.69, 9.17) is 20.4 Å². The van der Waals surface area contributed by atoms with Crippen molar-refractivity contribution in [3.05, 3.63) is 0 Å². The summed E-state index contributed by atoms with van der Waals surface area (Å²) in [4.78, 5) is 38.5. The fraction of sp³-hybridized carbons (Fsp3) is 0.500. The van der Waals surface area contributed by atoms with Gasteiger partial charge in [-0.3, -0.25) is 0 Å². The second kappa shape index (κ2) is 15.6. The van der Waals surface area contributed by atoms with E-state index in [1.165, 1.54) is 0 Å². The summed E-state index contributed by atoms with van der Waals surface area (Å²) in [6.07, 6.45) is -9.76. The maximum absolute atomic E-state index is 9.63. The Morgan fingerprint density at radius 2 is 0.609 bits per heavy atom. The van der Waals surface area contributed by atoms with E-state index in [0.29, 0.717) is 0 Å². The Morgan fingerprint density at radius 3 is 0.652 bits per heavy atom. The summed E-state index contributed by atoms with van der Waals surface area (Å²) in [6.45, 7) is 0. The van der Waals surface area contributed by atoms with Gasteiger partial charge in [0.2, 0.25) is 0 Å². The predicted octanol–water partition coefficient (Wildman–Crippen LogP) is -10.4. The molecule has 0 rings (SSSR count). The third-order valence-corrected chi connectivity index (χ3v) is 1.56. The third-order valence-electron chi connectivity index (χ3n) is 1.56. The quantitative estimate of drug-likeness (QED) is 0.280. The van der Waals surface area contributed by atoms with E-state index in [-0.39, 0.29) is 39.6 Å². The zero-order chi connectivity index (χ0) is 16.6. The zero-order valence-electron chi connectivity index (χ0n) is 10.5. The van der Waals surface area contributed by atoms with Gasteiger partial charge >= 0.3 is 34.1 Å². The summed E-state index contributed by atoms with van der Waals surface area (Å²) in [5.74, 6) is -8.23. The molecule has 0 heterocycles. The van der Waals surface area contributed by atoms with Crippen molar-refractivity contribution >= 4 is 23.9 Å². The molecular formula is C8H10Cu2O13. The van der Waals surface area contributed by atoms with E-state index in [1.807, 2.05) is 0 Å². The van der Waals surface area contributed by atoms with E-state index in [1.54, 1.807) is 0 Å². The van der Waals surface area contributed by atoms with Crippen LogP contribution in [0.2, 0.25) is 0 Å². The van der Waals surface area contributed by atoms with Gasteiger partial charge in [0.05, 0.1) is 23.9 Å². The Labute approximate surface area is 148 Å². The number of carbonyl (C=O) groups is 4. The number of aliphatic hydroxyl groups excluding tert-OH is 4. The van der Waals surface area contributed by atoms with E-state index in [9.17, 15) is 39.6 Å². The smallest absolute Gasteiger partial charge is 0.547 e. The maximum atomic E-state index is 9.63. The van der Waals surface area contributed by atoms with Crippen molar-refractivity contribution in [3.8, 4) is 0 Å². The Hall–Kier alpha value is -1.28. The summed E-state index contributed by atoms with van der Waals surface area (Å²) in [5.41, 5.74) is 0. The fourth-order valence-corrected chi connectivity index (χ4v) is 0.516. The molecule has 0 aromatic heterocycles. The standard InChI is InChI=1S/2C4H6O6.2Cu.H2O/c2*5-1(3(7)8)2(6)4(9)10;;;/h2*1-2,5-6H,(H,7,8)(H,9,10);;;1H2/q;;2*+2;/p-4. The van der Waals surface area contributed by atoms with Crippen molar-refractivity contribution in [1.82, 2.24) is 0 Å². The first-order valence-electron chi connectivity index (χ1n) is 4.49. The van der Waals surface area contributed by atoms with Gasteiger partial charge in [0.25, 0.3) is 0 Å². The van der Waals surface area contributed by atoms with Gasteiger partial charge in [-0.25, -0.2) is 0 Å². The molecule has 0 saturated carbocycles. The molecule has 142 valence electrons. The molecule has 0 aromatic carbocycles. The molecule has 0 aliphatic carbocycles. The van der Waals surface area contributed by atoms with Crippen LogP contribution >= 0.6 is 0 Å². The SMILES string of the molecule is O.O=C([O-])C(O)C(O)C(=O)[O-].O=C([O-])C(O)C(O)C(=O)[O-].[Cu+2].[Cu+2]. The molecule has 0 bridgehead atoms. The molecule has 6 N–H and O–H groups in total.